The van der Waals surface area contributed by atoms with Crippen molar-refractivity contribution >= 4 is 0 Å². The van der Waals surface area contributed by atoms with Crippen molar-refractivity contribution in [2.45, 2.75) is 6.54 Å². The van der Waals surface area contributed by atoms with E-state index < -0.39 is 0 Å². The molecule has 0 aliphatic carbocycles. The summed E-state index contributed by atoms with van der Waals surface area (Å²) >= 11 is 0. The molecule has 0 bridgehead atoms. The molecule has 0 N–H and O–H groups in total. The maximum Gasteiger partial charge on any atom is 0.0911 e. The van der Waals surface area contributed by atoms with Gasteiger partial charge in [0.1, 0.15) is 0 Å². The highest BCUT2D eigenvalue weighted by Gasteiger charge is 2.20. The molecule has 3 nitrogen and oxygen atoms in total. The molecule has 15 heavy (non-hydrogen) atoms. The minimum Gasteiger partial charge on any atom is -0.633 e. The Balaban J connectivity index is 1.88. The molecule has 0 unspecified atom stereocenters. The standard InChI is InChI=1S/C12H18N2O/c1-14(15)9-7-13(8-10-14)11-12-5-3-2-4-6-12/h2-6H,7-11H2,1H3. The monoisotopic (exact) mass is 206 g/mol. The van der Waals surface area contributed by atoms with Gasteiger partial charge in [0.2, 0.25) is 0 Å². The van der Waals surface area contributed by atoms with Crippen molar-refractivity contribution in [2.24, 2.45) is 0 Å². The highest BCUT2D eigenvalue weighted by molar-refractivity contribution is 5.14. The molecule has 3 heteroatoms. The van der Waals surface area contributed by atoms with E-state index in [0.29, 0.717) is 13.1 Å². The molecule has 0 aromatic heterocycles. The van der Waals surface area contributed by atoms with Crippen LogP contribution in [-0.4, -0.2) is 42.8 Å². The van der Waals surface area contributed by atoms with E-state index >= 15 is 0 Å². The molecule has 1 aromatic rings. The van der Waals surface area contributed by atoms with Gasteiger partial charge < -0.3 is 9.85 Å². The normalized spacial score (nSPS) is 21.5. The number of hydroxylamine groups is 3. The lowest BCUT2D eigenvalue weighted by molar-refractivity contribution is -0.865. The first-order valence-electron chi connectivity index (χ1n) is 5.48. The lowest BCUT2D eigenvalue weighted by atomic mass is 10.2. The van der Waals surface area contributed by atoms with Gasteiger partial charge in [0.05, 0.1) is 20.1 Å². The van der Waals surface area contributed by atoms with Crippen molar-refractivity contribution in [2.75, 3.05) is 33.2 Å². The van der Waals surface area contributed by atoms with E-state index in [2.05, 4.69) is 29.2 Å². The summed E-state index contributed by atoms with van der Waals surface area (Å²) in [5.41, 5.74) is 1.33. The third kappa shape index (κ3) is 3.02. The molecule has 1 heterocycles. The van der Waals surface area contributed by atoms with Gasteiger partial charge in [-0.3, -0.25) is 4.90 Å². The summed E-state index contributed by atoms with van der Waals surface area (Å²) in [6.07, 6.45) is 0. The number of rotatable bonds is 2. The SMILES string of the molecule is C[N+]1([O-])CCN(Cc2ccccc2)CC1. The predicted molar refractivity (Wildman–Crippen MR) is 61.0 cm³/mol. The Kier molecular flexibility index (Phi) is 3.05. The number of hydrogen-bond acceptors (Lipinski definition) is 2. The fourth-order valence-electron chi connectivity index (χ4n) is 1.93. The second kappa shape index (κ2) is 4.31. The third-order valence-corrected chi connectivity index (χ3v) is 3.03. The number of likely N-dealkylation sites (N-methyl/N-ethyl adjacent to an activating group) is 1. The van der Waals surface area contributed by atoms with Crippen LogP contribution in [0.15, 0.2) is 30.3 Å². The Hall–Kier alpha value is -0.900. The first-order valence-corrected chi connectivity index (χ1v) is 5.48. The summed E-state index contributed by atoms with van der Waals surface area (Å²) in [6, 6.07) is 10.4. The summed E-state index contributed by atoms with van der Waals surface area (Å²) < 4.78 is -0.0781. The molecule has 0 saturated carbocycles. The van der Waals surface area contributed by atoms with Crippen LogP contribution in [0.5, 0.6) is 0 Å². The number of hydrogen-bond donors (Lipinski definition) is 0. The first kappa shape index (κ1) is 10.6. The zero-order valence-electron chi connectivity index (χ0n) is 9.22. The molecule has 1 saturated heterocycles. The van der Waals surface area contributed by atoms with Gasteiger partial charge in [0.15, 0.2) is 0 Å². The lowest BCUT2D eigenvalue weighted by Gasteiger charge is -2.45. The van der Waals surface area contributed by atoms with Gasteiger partial charge in [0.25, 0.3) is 0 Å². The highest BCUT2D eigenvalue weighted by atomic mass is 16.5. The summed E-state index contributed by atoms with van der Waals surface area (Å²) in [5.74, 6) is 0. The van der Waals surface area contributed by atoms with Crippen LogP contribution in [0, 0.1) is 5.21 Å². The molecule has 0 spiro atoms. The largest absolute Gasteiger partial charge is 0.633 e. The molecule has 1 aliphatic heterocycles. The van der Waals surface area contributed by atoms with E-state index in [1.165, 1.54) is 5.56 Å². The Labute approximate surface area is 91.1 Å². The maximum absolute atomic E-state index is 11.6. The van der Waals surface area contributed by atoms with Gasteiger partial charge in [-0.2, -0.15) is 0 Å². The lowest BCUT2D eigenvalue weighted by Crippen LogP contribution is -2.53. The van der Waals surface area contributed by atoms with Gasteiger partial charge in [-0.15, -0.1) is 0 Å². The van der Waals surface area contributed by atoms with Crippen molar-refractivity contribution in [3.63, 3.8) is 0 Å². The van der Waals surface area contributed by atoms with E-state index in [1.54, 1.807) is 7.05 Å². The number of nitrogens with zero attached hydrogens (tertiary/aromatic N) is 2. The van der Waals surface area contributed by atoms with Crippen LogP contribution in [-0.2, 0) is 6.54 Å². The van der Waals surface area contributed by atoms with Crippen LogP contribution in [0.25, 0.3) is 0 Å². The zero-order valence-corrected chi connectivity index (χ0v) is 9.22. The van der Waals surface area contributed by atoms with Crippen LogP contribution in [0.3, 0.4) is 0 Å². The molecule has 1 fully saturated rings. The third-order valence-electron chi connectivity index (χ3n) is 3.03. The minimum atomic E-state index is -0.0781. The maximum atomic E-state index is 11.6. The topological polar surface area (TPSA) is 26.3 Å². The van der Waals surface area contributed by atoms with Crippen molar-refractivity contribution in [1.82, 2.24) is 4.90 Å². The summed E-state index contributed by atoms with van der Waals surface area (Å²) in [6.45, 7) is 4.23. The molecule has 0 amide bonds. The smallest absolute Gasteiger partial charge is 0.0911 e. The Morgan fingerprint density at radius 1 is 1.20 bits per heavy atom. The second-order valence-corrected chi connectivity index (χ2v) is 4.51. The predicted octanol–water partition coefficient (Wildman–Crippen LogP) is 1.45. The molecule has 0 radical (unpaired) electrons. The zero-order chi connectivity index (χ0) is 10.7. The van der Waals surface area contributed by atoms with Crippen LogP contribution in [0.4, 0.5) is 0 Å². The number of piperazine rings is 1. The van der Waals surface area contributed by atoms with Crippen LogP contribution < -0.4 is 0 Å². The summed E-state index contributed by atoms with van der Waals surface area (Å²) in [5, 5.41) is 11.6. The van der Waals surface area contributed by atoms with E-state index in [0.717, 1.165) is 19.6 Å². The van der Waals surface area contributed by atoms with Crippen LogP contribution >= 0.6 is 0 Å². The van der Waals surface area contributed by atoms with E-state index in [1.807, 2.05) is 6.07 Å². The minimum absolute atomic E-state index is 0.0781. The van der Waals surface area contributed by atoms with Crippen molar-refractivity contribution in [1.29, 1.82) is 0 Å². The molecule has 2 rings (SSSR count). The Bertz CT molecular complexity index is 301. The fourth-order valence-corrected chi connectivity index (χ4v) is 1.93. The number of quaternary nitrogens is 1. The molecular formula is C12H18N2O. The van der Waals surface area contributed by atoms with E-state index in [-0.39, 0.29) is 4.65 Å². The highest BCUT2D eigenvalue weighted by Crippen LogP contribution is 2.11. The number of benzene rings is 1. The van der Waals surface area contributed by atoms with Crippen molar-refractivity contribution in [3.8, 4) is 0 Å². The molecule has 0 atom stereocenters. The Morgan fingerprint density at radius 2 is 1.80 bits per heavy atom. The van der Waals surface area contributed by atoms with Gasteiger partial charge >= 0.3 is 0 Å². The average Bonchev–Trinajstić information content (AvgIpc) is 2.23. The van der Waals surface area contributed by atoms with E-state index in [4.69, 9.17) is 0 Å². The summed E-state index contributed by atoms with van der Waals surface area (Å²) in [4.78, 5) is 2.35. The molecular weight excluding hydrogens is 188 g/mol. The van der Waals surface area contributed by atoms with Gasteiger partial charge in [-0.25, -0.2) is 0 Å². The van der Waals surface area contributed by atoms with Crippen LogP contribution in [0.1, 0.15) is 5.56 Å². The van der Waals surface area contributed by atoms with Crippen molar-refractivity contribution in [3.05, 3.63) is 41.1 Å². The van der Waals surface area contributed by atoms with Gasteiger partial charge in [-0.05, 0) is 5.56 Å². The van der Waals surface area contributed by atoms with Gasteiger partial charge in [0, 0.05) is 19.6 Å². The fraction of sp³-hybridized carbons (Fsp3) is 0.500. The Morgan fingerprint density at radius 3 is 2.40 bits per heavy atom. The molecule has 1 aliphatic rings. The van der Waals surface area contributed by atoms with Gasteiger partial charge in [-0.1, -0.05) is 30.3 Å². The van der Waals surface area contributed by atoms with Crippen molar-refractivity contribution < 1.29 is 4.65 Å². The average molecular weight is 206 g/mol. The molecule has 82 valence electrons. The summed E-state index contributed by atoms with van der Waals surface area (Å²) in [7, 11) is 1.76. The quantitative estimate of drug-likeness (QED) is 0.541. The molecule has 1 aromatic carbocycles. The van der Waals surface area contributed by atoms with Crippen LogP contribution in [0.2, 0.25) is 0 Å². The first-order chi connectivity index (χ1) is 7.16. The second-order valence-electron chi connectivity index (χ2n) is 4.51. The van der Waals surface area contributed by atoms with E-state index in [9.17, 15) is 5.21 Å².